The zero-order chi connectivity index (χ0) is 23.0. The third-order valence-corrected chi connectivity index (χ3v) is 6.81. The highest BCUT2D eigenvalue weighted by atomic mass is 16.7. The largest absolute Gasteiger partial charge is 0.454 e. The van der Waals surface area contributed by atoms with Crippen molar-refractivity contribution in [2.75, 3.05) is 13.8 Å². The average molecular weight is 444 g/mol. The Kier molecular flexibility index (Phi) is 5.41. The Bertz CT molecular complexity index is 1230. The molecule has 0 spiro atoms. The van der Waals surface area contributed by atoms with Crippen LogP contribution < -0.4 is 14.8 Å². The molecule has 1 N–H and O–H groups in total. The summed E-state index contributed by atoms with van der Waals surface area (Å²) < 4.78 is 10.9. The van der Waals surface area contributed by atoms with E-state index in [0.29, 0.717) is 12.0 Å². The number of nitrogens with one attached hydrogen (secondary N) is 1. The van der Waals surface area contributed by atoms with Crippen molar-refractivity contribution in [1.82, 2.24) is 5.32 Å². The molecule has 1 aliphatic heterocycles. The second kappa shape index (κ2) is 8.39. The van der Waals surface area contributed by atoms with Crippen molar-refractivity contribution in [3.63, 3.8) is 0 Å². The van der Waals surface area contributed by atoms with E-state index in [1.807, 2.05) is 42.5 Å². The highest BCUT2D eigenvalue weighted by molar-refractivity contribution is 5.95. The van der Waals surface area contributed by atoms with Gasteiger partial charge in [-0.2, -0.15) is 0 Å². The molecule has 33 heavy (non-hydrogen) atoms. The number of carbonyl (C=O) groups is 2. The van der Waals surface area contributed by atoms with Crippen LogP contribution in [0, 0.1) is 0 Å². The molecule has 170 valence electrons. The molecule has 0 aromatic heterocycles. The van der Waals surface area contributed by atoms with Crippen LogP contribution >= 0.6 is 0 Å². The van der Waals surface area contributed by atoms with Crippen LogP contribution in [0.2, 0.25) is 0 Å². The Morgan fingerprint density at radius 2 is 1.73 bits per heavy atom. The maximum atomic E-state index is 13.4. The smallest absolute Gasteiger partial charge is 0.251 e. The minimum Gasteiger partial charge on any atom is -0.454 e. The van der Waals surface area contributed by atoms with Crippen LogP contribution in [0.5, 0.6) is 11.5 Å². The molecule has 3 aromatic carbocycles. The number of ketones is 1. The van der Waals surface area contributed by atoms with E-state index in [9.17, 15) is 9.59 Å². The number of hydrogen-bond donors (Lipinski definition) is 1. The number of aryl methyl sites for hydroxylation is 1. The molecular weight excluding hydrogens is 414 g/mol. The summed E-state index contributed by atoms with van der Waals surface area (Å²) in [5, 5.41) is 2.65. The zero-order valence-electron chi connectivity index (χ0n) is 18.9. The molecule has 1 heterocycles. The van der Waals surface area contributed by atoms with E-state index < -0.39 is 5.41 Å². The van der Waals surface area contributed by atoms with Gasteiger partial charge in [0.25, 0.3) is 5.91 Å². The fourth-order valence-electron chi connectivity index (χ4n) is 4.66. The zero-order valence-corrected chi connectivity index (χ0v) is 18.9. The number of benzene rings is 3. The van der Waals surface area contributed by atoms with E-state index in [-0.39, 0.29) is 19.9 Å². The predicted molar refractivity (Wildman–Crippen MR) is 129 cm³/mol. The Morgan fingerprint density at radius 1 is 0.970 bits per heavy atom. The van der Waals surface area contributed by atoms with Gasteiger partial charge >= 0.3 is 0 Å². The van der Waals surface area contributed by atoms with Crippen molar-refractivity contribution in [3.8, 4) is 22.6 Å². The number of fused-ring (bicyclic) bond motifs is 1. The monoisotopic (exact) mass is 443 g/mol. The van der Waals surface area contributed by atoms with Gasteiger partial charge in [0.15, 0.2) is 11.5 Å². The summed E-state index contributed by atoms with van der Waals surface area (Å²) in [6.45, 7) is 2.36. The lowest BCUT2D eigenvalue weighted by atomic mass is 9.86. The van der Waals surface area contributed by atoms with Crippen molar-refractivity contribution in [2.45, 2.75) is 38.0 Å². The van der Waals surface area contributed by atoms with Crippen LogP contribution in [0.15, 0.2) is 60.7 Å². The first kappa shape index (κ1) is 21.3. The van der Waals surface area contributed by atoms with E-state index in [1.54, 1.807) is 7.05 Å². The number of ether oxygens (including phenoxy) is 2. The third-order valence-electron chi connectivity index (χ3n) is 6.81. The Hall–Kier alpha value is -3.60. The molecular formula is C28H29NO4. The molecule has 1 amide bonds. The van der Waals surface area contributed by atoms with Crippen molar-refractivity contribution < 1.29 is 20.5 Å². The Balaban J connectivity index is 0.00000274. The lowest BCUT2D eigenvalue weighted by Gasteiger charge is -2.16. The van der Waals surface area contributed by atoms with E-state index >= 15 is 0 Å². The van der Waals surface area contributed by atoms with Gasteiger partial charge in [-0.3, -0.25) is 9.59 Å². The van der Waals surface area contributed by atoms with Gasteiger partial charge in [0, 0.05) is 20.5 Å². The highest BCUT2D eigenvalue weighted by Crippen LogP contribution is 2.51. The molecule has 0 radical (unpaired) electrons. The molecule has 0 bridgehead atoms. The van der Waals surface area contributed by atoms with Crippen LogP contribution in [0.3, 0.4) is 0 Å². The van der Waals surface area contributed by atoms with Crippen molar-refractivity contribution in [1.29, 1.82) is 0 Å². The fraction of sp³-hybridized carbons (Fsp3) is 0.286. The molecule has 0 unspecified atom stereocenters. The number of hydrogen-bond acceptors (Lipinski definition) is 4. The van der Waals surface area contributed by atoms with Gasteiger partial charge in [0.2, 0.25) is 6.79 Å². The second-order valence-electron chi connectivity index (χ2n) is 8.75. The summed E-state index contributed by atoms with van der Waals surface area (Å²) in [7, 11) is 1.63. The molecule has 3 aromatic rings. The topological polar surface area (TPSA) is 64.6 Å². The van der Waals surface area contributed by atoms with Crippen LogP contribution in [-0.4, -0.2) is 25.5 Å². The molecule has 1 saturated carbocycles. The predicted octanol–water partition coefficient (Wildman–Crippen LogP) is 5.09. The van der Waals surface area contributed by atoms with E-state index in [2.05, 4.69) is 30.4 Å². The van der Waals surface area contributed by atoms with E-state index in [0.717, 1.165) is 53.0 Å². The maximum absolute atomic E-state index is 13.4. The van der Waals surface area contributed by atoms with Crippen LogP contribution in [0.4, 0.5) is 0 Å². The molecule has 0 saturated heterocycles. The number of Topliss-reactive ketones (excluding diaryl/α,β-unsaturated/α-hetero) is 1. The first-order valence-corrected chi connectivity index (χ1v) is 11.4. The molecule has 1 aliphatic carbocycles. The summed E-state index contributed by atoms with van der Waals surface area (Å²) in [5.41, 5.74) is 5.62. The third kappa shape index (κ3) is 3.88. The normalized spacial score (nSPS) is 15.2. The first-order valence-electron chi connectivity index (χ1n) is 11.4. The van der Waals surface area contributed by atoms with Gasteiger partial charge in [-0.15, -0.1) is 0 Å². The van der Waals surface area contributed by atoms with Crippen LogP contribution in [0.1, 0.15) is 48.2 Å². The maximum Gasteiger partial charge on any atom is 0.251 e. The standard InChI is InChI=1S/C28H27NO4.H2/c1-3-19-5-4-18(14-23(19)20-6-8-21(9-7-20)27(31)29-2)15-26(30)28(12-13-28)22-10-11-24-25(16-22)33-17-32-24;/h4-11,14,16H,3,12-13,15,17H2,1-2H3,(H,29,31);1H. The summed E-state index contributed by atoms with van der Waals surface area (Å²) in [4.78, 5) is 25.3. The first-order chi connectivity index (χ1) is 16.0. The minimum atomic E-state index is -0.417. The second-order valence-corrected chi connectivity index (χ2v) is 8.75. The van der Waals surface area contributed by atoms with Crippen molar-refractivity contribution in [2.24, 2.45) is 0 Å². The number of carbonyl (C=O) groups excluding carboxylic acids is 2. The minimum absolute atomic E-state index is 0. The summed E-state index contributed by atoms with van der Waals surface area (Å²) in [6.07, 6.45) is 3.02. The van der Waals surface area contributed by atoms with E-state index in [1.165, 1.54) is 5.56 Å². The van der Waals surface area contributed by atoms with Gasteiger partial charge in [0.1, 0.15) is 5.78 Å². The molecule has 5 nitrogen and oxygen atoms in total. The number of amides is 1. The Labute approximate surface area is 195 Å². The summed E-state index contributed by atoms with van der Waals surface area (Å²) in [6, 6.07) is 19.8. The van der Waals surface area contributed by atoms with Gasteiger partial charge in [-0.25, -0.2) is 0 Å². The summed E-state index contributed by atoms with van der Waals surface area (Å²) >= 11 is 0. The van der Waals surface area contributed by atoms with E-state index in [4.69, 9.17) is 9.47 Å². The highest BCUT2D eigenvalue weighted by Gasteiger charge is 2.50. The Morgan fingerprint density at radius 3 is 2.42 bits per heavy atom. The fourth-order valence-corrected chi connectivity index (χ4v) is 4.66. The lowest BCUT2D eigenvalue weighted by molar-refractivity contribution is -0.120. The molecule has 2 aliphatic rings. The van der Waals surface area contributed by atoms with Crippen LogP contribution in [0.25, 0.3) is 11.1 Å². The summed E-state index contributed by atoms with van der Waals surface area (Å²) in [5.74, 6) is 1.60. The lowest BCUT2D eigenvalue weighted by Crippen LogP contribution is -2.22. The molecule has 1 fully saturated rings. The average Bonchev–Trinajstić information content (AvgIpc) is 3.54. The van der Waals surface area contributed by atoms with Gasteiger partial charge < -0.3 is 14.8 Å². The van der Waals surface area contributed by atoms with Crippen molar-refractivity contribution >= 4 is 11.7 Å². The van der Waals surface area contributed by atoms with Crippen LogP contribution in [-0.2, 0) is 23.1 Å². The number of rotatable bonds is 7. The van der Waals surface area contributed by atoms with Gasteiger partial charge in [-0.05, 0) is 71.3 Å². The molecule has 5 rings (SSSR count). The quantitative estimate of drug-likeness (QED) is 0.552. The van der Waals surface area contributed by atoms with Crippen molar-refractivity contribution in [3.05, 3.63) is 82.9 Å². The molecule has 0 atom stereocenters. The van der Waals surface area contributed by atoms with Gasteiger partial charge in [-0.1, -0.05) is 43.3 Å². The van der Waals surface area contributed by atoms with Gasteiger partial charge in [0.05, 0.1) is 5.41 Å². The molecule has 5 heteroatoms. The SMILES string of the molecule is CCc1ccc(CC(=O)C2(c3ccc4c(c3)OCO4)CC2)cc1-c1ccc(C(=O)NC)cc1.[HH].